The fraction of sp³-hybridized carbons (Fsp3) is 0.417. The van der Waals surface area contributed by atoms with Gasteiger partial charge < -0.3 is 15.7 Å². The normalized spacial score (nSPS) is 10.6. The lowest BCUT2D eigenvalue weighted by atomic mass is 10.2. The Morgan fingerprint density at radius 2 is 2.12 bits per heavy atom. The van der Waals surface area contributed by atoms with Crippen LogP contribution in [0.3, 0.4) is 0 Å². The highest BCUT2D eigenvalue weighted by atomic mass is 35.5. The van der Waals surface area contributed by atoms with Gasteiger partial charge in [0.25, 0.3) is 5.91 Å². The molecule has 0 saturated heterocycles. The number of aromatic hydroxyl groups is 1. The maximum Gasteiger partial charge on any atom is 0.255 e. The first-order chi connectivity index (χ1) is 8.00. The standard InChI is InChI=1S/C12H17ClN2O2/c1-8(2)14-5-6-15-12(17)10-4-3-9(13)7-11(10)16/h3-4,7-8,14,16H,5-6H2,1-2H3,(H,15,17). The van der Waals surface area contributed by atoms with Crippen LogP contribution in [0.1, 0.15) is 24.2 Å². The minimum Gasteiger partial charge on any atom is -0.507 e. The molecule has 0 bridgehead atoms. The van der Waals surface area contributed by atoms with Gasteiger partial charge in [-0.15, -0.1) is 0 Å². The number of carbonyl (C=O) groups is 1. The van der Waals surface area contributed by atoms with Crippen LogP contribution in [0.4, 0.5) is 0 Å². The van der Waals surface area contributed by atoms with Gasteiger partial charge in [0.15, 0.2) is 0 Å². The lowest BCUT2D eigenvalue weighted by molar-refractivity contribution is 0.0951. The van der Waals surface area contributed by atoms with E-state index in [0.717, 1.165) is 0 Å². The first-order valence-corrected chi connectivity index (χ1v) is 5.88. The van der Waals surface area contributed by atoms with Gasteiger partial charge in [-0.25, -0.2) is 0 Å². The second kappa shape index (κ2) is 6.47. The third-order valence-corrected chi connectivity index (χ3v) is 2.40. The van der Waals surface area contributed by atoms with Crippen molar-refractivity contribution in [3.8, 4) is 5.75 Å². The molecule has 0 atom stereocenters. The minimum atomic E-state index is -0.301. The van der Waals surface area contributed by atoms with Crippen LogP contribution < -0.4 is 10.6 Å². The molecule has 1 aromatic rings. The molecule has 1 amide bonds. The van der Waals surface area contributed by atoms with Crippen molar-refractivity contribution in [3.63, 3.8) is 0 Å². The van der Waals surface area contributed by atoms with Crippen LogP contribution in [0.5, 0.6) is 5.75 Å². The Morgan fingerprint density at radius 1 is 1.41 bits per heavy atom. The molecular weight excluding hydrogens is 240 g/mol. The predicted molar refractivity (Wildman–Crippen MR) is 68.6 cm³/mol. The van der Waals surface area contributed by atoms with Gasteiger partial charge >= 0.3 is 0 Å². The number of halogens is 1. The van der Waals surface area contributed by atoms with Crippen molar-refractivity contribution in [2.24, 2.45) is 0 Å². The Bertz CT molecular complexity index is 394. The van der Waals surface area contributed by atoms with Crippen molar-refractivity contribution in [3.05, 3.63) is 28.8 Å². The molecule has 1 aromatic carbocycles. The molecule has 0 aliphatic carbocycles. The lowest BCUT2D eigenvalue weighted by Gasteiger charge is -2.09. The first kappa shape index (κ1) is 13.8. The minimum absolute atomic E-state index is 0.105. The van der Waals surface area contributed by atoms with E-state index in [1.54, 1.807) is 6.07 Å². The molecule has 0 aliphatic rings. The summed E-state index contributed by atoms with van der Waals surface area (Å²) in [5.41, 5.74) is 0.235. The van der Waals surface area contributed by atoms with E-state index in [0.29, 0.717) is 24.2 Å². The monoisotopic (exact) mass is 256 g/mol. The Kier molecular flexibility index (Phi) is 5.25. The molecule has 5 heteroatoms. The van der Waals surface area contributed by atoms with Crippen molar-refractivity contribution in [1.82, 2.24) is 10.6 Å². The molecule has 17 heavy (non-hydrogen) atoms. The summed E-state index contributed by atoms with van der Waals surface area (Å²) in [6.45, 7) is 5.27. The average Bonchev–Trinajstić information content (AvgIpc) is 2.23. The maximum absolute atomic E-state index is 11.7. The quantitative estimate of drug-likeness (QED) is 0.704. The van der Waals surface area contributed by atoms with Gasteiger partial charge in [-0.1, -0.05) is 25.4 Å². The van der Waals surface area contributed by atoms with Gasteiger partial charge in [0.05, 0.1) is 5.56 Å². The van der Waals surface area contributed by atoms with Crippen LogP contribution in [-0.4, -0.2) is 30.1 Å². The fourth-order valence-electron chi connectivity index (χ4n) is 1.33. The molecule has 94 valence electrons. The number of carbonyl (C=O) groups excluding carboxylic acids is 1. The maximum atomic E-state index is 11.7. The number of phenolic OH excluding ortho intramolecular Hbond substituents is 1. The number of nitrogens with one attached hydrogen (secondary N) is 2. The summed E-state index contributed by atoms with van der Waals surface area (Å²) in [6.07, 6.45) is 0. The fourth-order valence-corrected chi connectivity index (χ4v) is 1.50. The molecule has 0 aliphatic heterocycles. The molecule has 0 fully saturated rings. The van der Waals surface area contributed by atoms with E-state index in [4.69, 9.17) is 11.6 Å². The smallest absolute Gasteiger partial charge is 0.255 e. The zero-order valence-electron chi connectivity index (χ0n) is 9.96. The zero-order valence-corrected chi connectivity index (χ0v) is 10.7. The van der Waals surface area contributed by atoms with Crippen molar-refractivity contribution in [2.45, 2.75) is 19.9 Å². The second-order valence-electron chi connectivity index (χ2n) is 4.03. The number of amides is 1. The Labute approximate surface area is 106 Å². The number of benzene rings is 1. The first-order valence-electron chi connectivity index (χ1n) is 5.51. The second-order valence-corrected chi connectivity index (χ2v) is 4.46. The van der Waals surface area contributed by atoms with Crippen molar-refractivity contribution < 1.29 is 9.90 Å². The molecular formula is C12H17ClN2O2. The van der Waals surface area contributed by atoms with Gasteiger partial charge in [-0.2, -0.15) is 0 Å². The Hall–Kier alpha value is -1.26. The van der Waals surface area contributed by atoms with Crippen LogP contribution in [0.15, 0.2) is 18.2 Å². The largest absolute Gasteiger partial charge is 0.507 e. The molecule has 0 aromatic heterocycles. The molecule has 3 N–H and O–H groups in total. The Morgan fingerprint density at radius 3 is 2.71 bits per heavy atom. The highest BCUT2D eigenvalue weighted by Gasteiger charge is 2.10. The zero-order chi connectivity index (χ0) is 12.8. The van der Waals surface area contributed by atoms with E-state index < -0.39 is 0 Å². The molecule has 1 rings (SSSR count). The van der Waals surface area contributed by atoms with Crippen LogP contribution in [0, 0.1) is 0 Å². The summed E-state index contributed by atoms with van der Waals surface area (Å²) in [5, 5.41) is 15.8. The van der Waals surface area contributed by atoms with E-state index in [-0.39, 0.29) is 17.2 Å². The predicted octanol–water partition coefficient (Wildman–Crippen LogP) is 1.77. The van der Waals surface area contributed by atoms with Crippen molar-refractivity contribution in [1.29, 1.82) is 0 Å². The summed E-state index contributed by atoms with van der Waals surface area (Å²) in [7, 11) is 0. The van der Waals surface area contributed by atoms with E-state index in [2.05, 4.69) is 10.6 Å². The van der Waals surface area contributed by atoms with Crippen molar-refractivity contribution in [2.75, 3.05) is 13.1 Å². The van der Waals surface area contributed by atoms with Crippen LogP contribution >= 0.6 is 11.6 Å². The molecule has 4 nitrogen and oxygen atoms in total. The van der Waals surface area contributed by atoms with Crippen LogP contribution in [0.2, 0.25) is 5.02 Å². The van der Waals surface area contributed by atoms with E-state index in [9.17, 15) is 9.90 Å². The van der Waals surface area contributed by atoms with Crippen LogP contribution in [0.25, 0.3) is 0 Å². The van der Waals surface area contributed by atoms with Crippen molar-refractivity contribution >= 4 is 17.5 Å². The van der Waals surface area contributed by atoms with E-state index >= 15 is 0 Å². The Balaban J connectivity index is 2.47. The number of hydrogen-bond donors (Lipinski definition) is 3. The SMILES string of the molecule is CC(C)NCCNC(=O)c1ccc(Cl)cc1O. The van der Waals surface area contributed by atoms with Crippen LogP contribution in [-0.2, 0) is 0 Å². The average molecular weight is 257 g/mol. The molecule has 0 unspecified atom stereocenters. The summed E-state index contributed by atoms with van der Waals surface area (Å²) >= 11 is 5.68. The highest BCUT2D eigenvalue weighted by molar-refractivity contribution is 6.30. The molecule has 0 saturated carbocycles. The number of phenols is 1. The van der Waals surface area contributed by atoms with Gasteiger partial charge in [-0.05, 0) is 18.2 Å². The third kappa shape index (κ3) is 4.63. The summed E-state index contributed by atoms with van der Waals surface area (Å²) in [6, 6.07) is 4.81. The molecule has 0 spiro atoms. The van der Waals surface area contributed by atoms with E-state index in [1.165, 1.54) is 12.1 Å². The van der Waals surface area contributed by atoms with Gasteiger partial charge in [0.2, 0.25) is 0 Å². The van der Waals surface area contributed by atoms with E-state index in [1.807, 2.05) is 13.8 Å². The molecule has 0 radical (unpaired) electrons. The lowest BCUT2D eigenvalue weighted by Crippen LogP contribution is -2.34. The number of hydrogen-bond acceptors (Lipinski definition) is 3. The summed E-state index contributed by atoms with van der Waals surface area (Å²) in [4.78, 5) is 11.7. The number of rotatable bonds is 5. The highest BCUT2D eigenvalue weighted by Crippen LogP contribution is 2.21. The van der Waals surface area contributed by atoms with Gasteiger partial charge in [0, 0.05) is 24.2 Å². The molecule has 0 heterocycles. The topological polar surface area (TPSA) is 61.4 Å². The van der Waals surface area contributed by atoms with Gasteiger partial charge in [-0.3, -0.25) is 4.79 Å². The summed E-state index contributed by atoms with van der Waals surface area (Å²) in [5.74, 6) is -0.406. The summed E-state index contributed by atoms with van der Waals surface area (Å²) < 4.78 is 0. The third-order valence-electron chi connectivity index (χ3n) is 2.17. The van der Waals surface area contributed by atoms with Gasteiger partial charge in [0.1, 0.15) is 5.75 Å².